The third-order valence-corrected chi connectivity index (χ3v) is 4.12. The minimum absolute atomic E-state index is 0.704. The molecule has 2 unspecified atom stereocenters. The van der Waals surface area contributed by atoms with Gasteiger partial charge in [-0.05, 0) is 55.2 Å². The van der Waals surface area contributed by atoms with Crippen LogP contribution in [0.2, 0.25) is 0 Å². The van der Waals surface area contributed by atoms with Gasteiger partial charge in [0.1, 0.15) is 0 Å². The van der Waals surface area contributed by atoms with E-state index in [1.807, 2.05) is 0 Å². The standard InChI is InChI=1S/C17H27N/c1-4-18-16(10-9-13(2)3)12-15-11-14-7-5-6-8-17(14)15/h5-8,13,15-16,18H,4,9-12H2,1-3H3. The lowest BCUT2D eigenvalue weighted by Gasteiger charge is -2.33. The lowest BCUT2D eigenvalue weighted by Crippen LogP contribution is -2.33. The molecule has 2 rings (SSSR count). The van der Waals surface area contributed by atoms with Gasteiger partial charge in [0.25, 0.3) is 0 Å². The zero-order valence-corrected chi connectivity index (χ0v) is 12.1. The van der Waals surface area contributed by atoms with Gasteiger partial charge in [0.2, 0.25) is 0 Å². The van der Waals surface area contributed by atoms with E-state index in [0.717, 1.165) is 18.4 Å². The third-order valence-electron chi connectivity index (χ3n) is 4.12. The van der Waals surface area contributed by atoms with E-state index in [0.29, 0.717) is 6.04 Å². The molecule has 0 amide bonds. The lowest BCUT2D eigenvalue weighted by atomic mass is 9.74. The van der Waals surface area contributed by atoms with Crippen molar-refractivity contribution in [3.05, 3.63) is 35.4 Å². The van der Waals surface area contributed by atoms with Crippen LogP contribution in [0.4, 0.5) is 0 Å². The second kappa shape index (κ2) is 6.38. The molecule has 0 saturated carbocycles. The van der Waals surface area contributed by atoms with E-state index in [1.54, 1.807) is 11.1 Å². The molecule has 0 aliphatic heterocycles. The summed E-state index contributed by atoms with van der Waals surface area (Å²) in [7, 11) is 0. The van der Waals surface area contributed by atoms with Crippen molar-refractivity contribution in [2.75, 3.05) is 6.54 Å². The summed E-state index contributed by atoms with van der Waals surface area (Å²) in [6, 6.07) is 9.64. The molecule has 1 N–H and O–H groups in total. The van der Waals surface area contributed by atoms with Gasteiger partial charge in [0, 0.05) is 6.04 Å². The van der Waals surface area contributed by atoms with Crippen molar-refractivity contribution in [3.8, 4) is 0 Å². The van der Waals surface area contributed by atoms with Gasteiger partial charge in [0.15, 0.2) is 0 Å². The average molecular weight is 245 g/mol. The van der Waals surface area contributed by atoms with Crippen LogP contribution in [0.1, 0.15) is 57.1 Å². The van der Waals surface area contributed by atoms with E-state index in [4.69, 9.17) is 0 Å². The number of fused-ring (bicyclic) bond motifs is 1. The molecule has 0 spiro atoms. The summed E-state index contributed by atoms with van der Waals surface area (Å²) in [6.45, 7) is 7.96. The Balaban J connectivity index is 1.87. The Labute approximate surface area is 112 Å². The van der Waals surface area contributed by atoms with E-state index in [1.165, 1.54) is 25.7 Å². The average Bonchev–Trinajstić information content (AvgIpc) is 2.32. The Morgan fingerprint density at radius 1 is 1.22 bits per heavy atom. The van der Waals surface area contributed by atoms with Gasteiger partial charge in [-0.1, -0.05) is 45.0 Å². The van der Waals surface area contributed by atoms with Crippen molar-refractivity contribution in [1.29, 1.82) is 0 Å². The van der Waals surface area contributed by atoms with E-state index < -0.39 is 0 Å². The topological polar surface area (TPSA) is 12.0 Å². The molecular weight excluding hydrogens is 218 g/mol. The molecule has 1 aromatic rings. The van der Waals surface area contributed by atoms with E-state index in [-0.39, 0.29) is 0 Å². The first kappa shape index (κ1) is 13.6. The maximum absolute atomic E-state index is 3.67. The molecule has 0 bridgehead atoms. The van der Waals surface area contributed by atoms with Crippen LogP contribution in [-0.2, 0) is 6.42 Å². The molecule has 100 valence electrons. The zero-order chi connectivity index (χ0) is 13.0. The highest BCUT2D eigenvalue weighted by Crippen LogP contribution is 2.38. The Bertz CT molecular complexity index is 370. The van der Waals surface area contributed by atoms with Crippen LogP contribution in [0.15, 0.2) is 24.3 Å². The van der Waals surface area contributed by atoms with Gasteiger partial charge in [0.05, 0.1) is 0 Å². The molecule has 1 aliphatic rings. The van der Waals surface area contributed by atoms with Gasteiger partial charge in [-0.15, -0.1) is 0 Å². The van der Waals surface area contributed by atoms with Crippen LogP contribution in [-0.4, -0.2) is 12.6 Å². The first-order valence-corrected chi connectivity index (χ1v) is 7.51. The molecule has 0 saturated heterocycles. The molecule has 2 atom stereocenters. The molecule has 0 aromatic heterocycles. The second-order valence-corrected chi connectivity index (χ2v) is 6.06. The van der Waals surface area contributed by atoms with Gasteiger partial charge >= 0.3 is 0 Å². The Kier molecular flexibility index (Phi) is 4.82. The predicted molar refractivity (Wildman–Crippen MR) is 79.0 cm³/mol. The number of hydrogen-bond donors (Lipinski definition) is 1. The van der Waals surface area contributed by atoms with Crippen molar-refractivity contribution in [1.82, 2.24) is 5.32 Å². The third kappa shape index (κ3) is 3.35. The summed E-state index contributed by atoms with van der Waals surface area (Å²) >= 11 is 0. The first-order valence-electron chi connectivity index (χ1n) is 7.51. The normalized spacial score (nSPS) is 19.4. The summed E-state index contributed by atoms with van der Waals surface area (Å²) in [5.41, 5.74) is 3.17. The molecule has 18 heavy (non-hydrogen) atoms. The first-order chi connectivity index (χ1) is 8.70. The highest BCUT2D eigenvalue weighted by molar-refractivity contribution is 5.39. The van der Waals surface area contributed by atoms with Crippen LogP contribution in [0.5, 0.6) is 0 Å². The molecule has 1 aromatic carbocycles. The zero-order valence-electron chi connectivity index (χ0n) is 12.1. The molecule has 0 fully saturated rings. The smallest absolute Gasteiger partial charge is 0.00729 e. The highest BCUT2D eigenvalue weighted by atomic mass is 14.9. The summed E-state index contributed by atoms with van der Waals surface area (Å²) < 4.78 is 0. The van der Waals surface area contributed by atoms with Crippen molar-refractivity contribution in [2.45, 2.75) is 58.4 Å². The van der Waals surface area contributed by atoms with Crippen molar-refractivity contribution in [2.24, 2.45) is 5.92 Å². The van der Waals surface area contributed by atoms with Crippen molar-refractivity contribution in [3.63, 3.8) is 0 Å². The second-order valence-electron chi connectivity index (χ2n) is 6.06. The number of benzene rings is 1. The summed E-state index contributed by atoms with van der Waals surface area (Å²) in [4.78, 5) is 0. The Morgan fingerprint density at radius 2 is 2.00 bits per heavy atom. The summed E-state index contributed by atoms with van der Waals surface area (Å²) in [6.07, 6.45) is 5.27. The van der Waals surface area contributed by atoms with E-state index >= 15 is 0 Å². The minimum atomic E-state index is 0.704. The fraction of sp³-hybridized carbons (Fsp3) is 0.647. The van der Waals surface area contributed by atoms with E-state index in [9.17, 15) is 0 Å². The molecule has 0 radical (unpaired) electrons. The van der Waals surface area contributed by atoms with Crippen LogP contribution >= 0.6 is 0 Å². The number of hydrogen-bond acceptors (Lipinski definition) is 1. The number of nitrogens with one attached hydrogen (secondary N) is 1. The van der Waals surface area contributed by atoms with Crippen molar-refractivity contribution >= 4 is 0 Å². The molecular formula is C17H27N. The Morgan fingerprint density at radius 3 is 2.67 bits per heavy atom. The van der Waals surface area contributed by atoms with E-state index in [2.05, 4.69) is 50.4 Å². The quantitative estimate of drug-likeness (QED) is 0.761. The molecule has 1 heteroatoms. The fourth-order valence-electron chi connectivity index (χ4n) is 3.04. The minimum Gasteiger partial charge on any atom is -0.314 e. The SMILES string of the molecule is CCNC(CCC(C)C)CC1Cc2ccccc21. The summed E-state index contributed by atoms with van der Waals surface area (Å²) in [5.74, 6) is 1.62. The molecule has 1 nitrogen and oxygen atoms in total. The monoisotopic (exact) mass is 245 g/mol. The van der Waals surface area contributed by atoms with Crippen molar-refractivity contribution < 1.29 is 0 Å². The maximum Gasteiger partial charge on any atom is 0.00729 e. The molecule has 0 heterocycles. The van der Waals surface area contributed by atoms with Crippen LogP contribution < -0.4 is 5.32 Å². The van der Waals surface area contributed by atoms with Gasteiger partial charge in [-0.25, -0.2) is 0 Å². The Hall–Kier alpha value is -0.820. The fourth-order valence-corrected chi connectivity index (χ4v) is 3.04. The van der Waals surface area contributed by atoms with Gasteiger partial charge in [-0.3, -0.25) is 0 Å². The van der Waals surface area contributed by atoms with Crippen LogP contribution in [0.25, 0.3) is 0 Å². The number of rotatable bonds is 7. The maximum atomic E-state index is 3.67. The molecule has 1 aliphatic carbocycles. The largest absolute Gasteiger partial charge is 0.314 e. The van der Waals surface area contributed by atoms with Gasteiger partial charge in [-0.2, -0.15) is 0 Å². The predicted octanol–water partition coefficient (Wildman–Crippen LogP) is 4.13. The van der Waals surface area contributed by atoms with Gasteiger partial charge < -0.3 is 5.32 Å². The summed E-state index contributed by atoms with van der Waals surface area (Å²) in [5, 5.41) is 3.67. The van der Waals surface area contributed by atoms with Crippen LogP contribution in [0.3, 0.4) is 0 Å². The lowest BCUT2D eigenvalue weighted by molar-refractivity contribution is 0.377. The highest BCUT2D eigenvalue weighted by Gasteiger charge is 2.27. The van der Waals surface area contributed by atoms with Crippen LogP contribution in [0, 0.1) is 5.92 Å².